The van der Waals surface area contributed by atoms with Crippen molar-refractivity contribution in [2.24, 2.45) is 0 Å². The lowest BCUT2D eigenvalue weighted by molar-refractivity contribution is -0.121. The third kappa shape index (κ3) is 4.87. The van der Waals surface area contributed by atoms with Gasteiger partial charge in [0, 0.05) is 30.9 Å². The minimum Gasteiger partial charge on any atom is -0.358 e. The molecule has 27 heavy (non-hydrogen) atoms. The zero-order valence-corrected chi connectivity index (χ0v) is 16.6. The summed E-state index contributed by atoms with van der Waals surface area (Å²) in [5.74, 6) is -0.295. The molecule has 1 saturated carbocycles. The Morgan fingerprint density at radius 2 is 1.89 bits per heavy atom. The highest BCUT2D eigenvalue weighted by molar-refractivity contribution is 5.92. The lowest BCUT2D eigenvalue weighted by Gasteiger charge is -2.42. The maximum Gasteiger partial charge on any atom is 0.272 e. The van der Waals surface area contributed by atoms with Crippen LogP contribution >= 0.6 is 0 Å². The second-order valence-electron chi connectivity index (χ2n) is 7.64. The van der Waals surface area contributed by atoms with Crippen LogP contribution in [0.5, 0.6) is 0 Å². The number of amides is 2. The molecule has 1 aromatic heterocycles. The minimum absolute atomic E-state index is 0.125. The molecule has 1 aromatic rings. The van der Waals surface area contributed by atoms with Crippen molar-refractivity contribution in [3.05, 3.63) is 17.5 Å². The fourth-order valence-corrected chi connectivity index (χ4v) is 3.83. The van der Waals surface area contributed by atoms with E-state index < -0.39 is 0 Å². The van der Waals surface area contributed by atoms with E-state index in [1.165, 1.54) is 12.8 Å². The second kappa shape index (κ2) is 8.84. The van der Waals surface area contributed by atoms with Gasteiger partial charge in [-0.2, -0.15) is 5.10 Å². The molecule has 150 valence electrons. The van der Waals surface area contributed by atoms with E-state index in [9.17, 15) is 9.59 Å². The molecule has 0 spiro atoms. The maximum absolute atomic E-state index is 12.6. The molecule has 2 amide bonds. The predicted octanol–water partition coefficient (Wildman–Crippen LogP) is 0.272. The zero-order chi connectivity index (χ0) is 19.4. The van der Waals surface area contributed by atoms with Gasteiger partial charge >= 0.3 is 0 Å². The number of aromatic nitrogens is 2. The summed E-state index contributed by atoms with van der Waals surface area (Å²) >= 11 is 0. The number of aryl methyl sites for hydroxylation is 1. The van der Waals surface area contributed by atoms with Gasteiger partial charge < -0.3 is 20.9 Å². The molecule has 0 radical (unpaired) electrons. The predicted molar refractivity (Wildman–Crippen MR) is 104 cm³/mol. The van der Waals surface area contributed by atoms with Gasteiger partial charge in [-0.05, 0) is 58.3 Å². The number of nitrogens with zero attached hydrogens (tertiary/aromatic N) is 3. The number of carbonyl (C=O) groups is 2. The van der Waals surface area contributed by atoms with Gasteiger partial charge in [-0.25, -0.2) is 0 Å². The maximum atomic E-state index is 12.6. The lowest BCUT2D eigenvalue weighted by Crippen LogP contribution is -2.60. The molecular formula is C19H32N6O2. The summed E-state index contributed by atoms with van der Waals surface area (Å²) in [7, 11) is 1.59. The summed E-state index contributed by atoms with van der Waals surface area (Å²) in [4.78, 5) is 26.6. The SMILES string of the molecule is CCN1CCC(N[C@@H]2CC[C@@H]2NC(=O)c2cc(C)n(CC(=O)NC)n2)CC1. The Balaban J connectivity index is 1.49. The summed E-state index contributed by atoms with van der Waals surface area (Å²) in [6.07, 6.45) is 4.44. The summed E-state index contributed by atoms with van der Waals surface area (Å²) in [5, 5.41) is 13.7. The minimum atomic E-state index is -0.161. The van der Waals surface area contributed by atoms with E-state index in [1.54, 1.807) is 17.8 Å². The summed E-state index contributed by atoms with van der Waals surface area (Å²) in [5.41, 5.74) is 1.17. The topological polar surface area (TPSA) is 91.3 Å². The molecule has 3 rings (SSSR count). The van der Waals surface area contributed by atoms with E-state index >= 15 is 0 Å². The zero-order valence-electron chi connectivity index (χ0n) is 16.6. The van der Waals surface area contributed by atoms with Gasteiger partial charge in [0.25, 0.3) is 5.91 Å². The molecule has 0 bridgehead atoms. The third-order valence-corrected chi connectivity index (χ3v) is 5.86. The Morgan fingerprint density at radius 3 is 2.48 bits per heavy atom. The van der Waals surface area contributed by atoms with Crippen LogP contribution in [0.25, 0.3) is 0 Å². The number of hydrogen-bond donors (Lipinski definition) is 3. The van der Waals surface area contributed by atoms with Crippen LogP contribution in [0.3, 0.4) is 0 Å². The highest BCUT2D eigenvalue weighted by Gasteiger charge is 2.34. The number of hydrogen-bond acceptors (Lipinski definition) is 5. The molecule has 2 heterocycles. The van der Waals surface area contributed by atoms with Crippen molar-refractivity contribution in [1.29, 1.82) is 0 Å². The van der Waals surface area contributed by atoms with Gasteiger partial charge in [0.1, 0.15) is 12.2 Å². The standard InChI is InChI=1S/C19H32N6O2/c1-4-24-9-7-14(8-10-24)21-15-5-6-16(15)22-19(27)17-11-13(2)25(23-17)12-18(26)20-3/h11,14-16,21H,4-10,12H2,1-3H3,(H,20,26)(H,22,27)/t15-,16+/m1/s1. The van der Waals surface area contributed by atoms with E-state index in [2.05, 4.69) is 32.9 Å². The average molecular weight is 377 g/mol. The Morgan fingerprint density at radius 1 is 1.19 bits per heavy atom. The van der Waals surface area contributed by atoms with Gasteiger partial charge in [-0.3, -0.25) is 14.3 Å². The first kappa shape index (κ1) is 19.8. The van der Waals surface area contributed by atoms with Crippen LogP contribution < -0.4 is 16.0 Å². The van der Waals surface area contributed by atoms with E-state index in [1.807, 2.05) is 6.92 Å². The van der Waals surface area contributed by atoms with Gasteiger partial charge in [0.05, 0.1) is 0 Å². The number of rotatable bonds is 7. The molecule has 0 unspecified atom stereocenters. The fourth-order valence-electron chi connectivity index (χ4n) is 3.83. The van der Waals surface area contributed by atoms with Gasteiger partial charge in [-0.1, -0.05) is 6.92 Å². The molecule has 1 aliphatic carbocycles. The quantitative estimate of drug-likeness (QED) is 0.636. The molecule has 1 saturated heterocycles. The van der Waals surface area contributed by atoms with Crippen molar-refractivity contribution in [3.63, 3.8) is 0 Å². The molecular weight excluding hydrogens is 344 g/mol. The highest BCUT2D eigenvalue weighted by Crippen LogP contribution is 2.23. The Labute approximate surface area is 161 Å². The Kier molecular flexibility index (Phi) is 6.49. The van der Waals surface area contributed by atoms with Crippen LogP contribution in [0.1, 0.15) is 48.8 Å². The van der Waals surface area contributed by atoms with Crippen molar-refractivity contribution in [3.8, 4) is 0 Å². The van der Waals surface area contributed by atoms with Crippen molar-refractivity contribution in [1.82, 2.24) is 30.6 Å². The molecule has 0 aromatic carbocycles. The van der Waals surface area contributed by atoms with Crippen LogP contribution in [-0.2, 0) is 11.3 Å². The first-order valence-corrected chi connectivity index (χ1v) is 10.0. The molecule has 2 atom stereocenters. The van der Waals surface area contributed by atoms with Gasteiger partial charge in [-0.15, -0.1) is 0 Å². The van der Waals surface area contributed by atoms with E-state index in [0.717, 1.165) is 38.2 Å². The highest BCUT2D eigenvalue weighted by atomic mass is 16.2. The number of piperidine rings is 1. The van der Waals surface area contributed by atoms with Crippen molar-refractivity contribution < 1.29 is 9.59 Å². The van der Waals surface area contributed by atoms with E-state index in [-0.39, 0.29) is 24.4 Å². The van der Waals surface area contributed by atoms with E-state index in [0.29, 0.717) is 17.8 Å². The van der Waals surface area contributed by atoms with Crippen LogP contribution in [0.4, 0.5) is 0 Å². The largest absolute Gasteiger partial charge is 0.358 e. The van der Waals surface area contributed by atoms with Crippen LogP contribution in [0, 0.1) is 6.92 Å². The molecule has 2 aliphatic rings. The second-order valence-corrected chi connectivity index (χ2v) is 7.64. The Bertz CT molecular complexity index is 665. The first-order chi connectivity index (χ1) is 13.0. The van der Waals surface area contributed by atoms with E-state index in [4.69, 9.17) is 0 Å². The number of likely N-dealkylation sites (tertiary alicyclic amines) is 1. The normalized spacial score (nSPS) is 23.7. The van der Waals surface area contributed by atoms with Crippen LogP contribution in [0.2, 0.25) is 0 Å². The summed E-state index contributed by atoms with van der Waals surface area (Å²) < 4.78 is 1.56. The smallest absolute Gasteiger partial charge is 0.272 e. The number of likely N-dealkylation sites (N-methyl/N-ethyl adjacent to an activating group) is 1. The first-order valence-electron chi connectivity index (χ1n) is 10.0. The lowest BCUT2D eigenvalue weighted by atomic mass is 9.85. The number of carbonyl (C=O) groups excluding carboxylic acids is 2. The van der Waals surface area contributed by atoms with Crippen LogP contribution in [0.15, 0.2) is 6.07 Å². The molecule has 8 nitrogen and oxygen atoms in total. The monoisotopic (exact) mass is 376 g/mol. The van der Waals surface area contributed by atoms with Crippen molar-refractivity contribution in [2.45, 2.75) is 64.2 Å². The van der Waals surface area contributed by atoms with Crippen LogP contribution in [-0.4, -0.2) is 71.3 Å². The average Bonchev–Trinajstić information content (AvgIpc) is 3.04. The molecule has 2 fully saturated rings. The number of nitrogens with one attached hydrogen (secondary N) is 3. The molecule has 3 N–H and O–H groups in total. The molecule has 1 aliphatic heterocycles. The van der Waals surface area contributed by atoms with Crippen molar-refractivity contribution in [2.75, 3.05) is 26.7 Å². The Hall–Kier alpha value is -1.93. The summed E-state index contributed by atoms with van der Waals surface area (Å²) in [6, 6.07) is 2.79. The van der Waals surface area contributed by atoms with Gasteiger partial charge in [0.15, 0.2) is 0 Å². The summed E-state index contributed by atoms with van der Waals surface area (Å²) in [6.45, 7) is 7.62. The van der Waals surface area contributed by atoms with Crippen molar-refractivity contribution >= 4 is 11.8 Å². The molecule has 8 heteroatoms. The fraction of sp³-hybridized carbons (Fsp3) is 0.737. The van der Waals surface area contributed by atoms with Gasteiger partial charge in [0.2, 0.25) is 5.91 Å². The third-order valence-electron chi connectivity index (χ3n) is 5.86.